The van der Waals surface area contributed by atoms with Gasteiger partial charge in [-0.15, -0.1) is 0 Å². The fourth-order valence-electron chi connectivity index (χ4n) is 2.03. The van der Waals surface area contributed by atoms with Crippen LogP contribution >= 0.6 is 0 Å². The fourth-order valence-corrected chi connectivity index (χ4v) is 2.03. The summed E-state index contributed by atoms with van der Waals surface area (Å²) in [5.41, 5.74) is 0.529. The van der Waals surface area contributed by atoms with Crippen molar-refractivity contribution in [3.63, 3.8) is 0 Å². The summed E-state index contributed by atoms with van der Waals surface area (Å²) in [7, 11) is 6.50. The summed E-state index contributed by atoms with van der Waals surface area (Å²) in [6.07, 6.45) is 1.24. The van der Waals surface area contributed by atoms with E-state index in [1.165, 1.54) is 19.5 Å². The van der Waals surface area contributed by atoms with Crippen molar-refractivity contribution in [1.29, 1.82) is 0 Å². The van der Waals surface area contributed by atoms with Gasteiger partial charge in [0, 0.05) is 18.6 Å². The maximum absolute atomic E-state index is 3.61. The second-order valence-corrected chi connectivity index (χ2v) is 7.66. The summed E-state index contributed by atoms with van der Waals surface area (Å²) in [4.78, 5) is 4.70. The van der Waals surface area contributed by atoms with E-state index in [1.807, 2.05) is 0 Å². The smallest absolute Gasteiger partial charge is 0.00967 e. The van der Waals surface area contributed by atoms with Gasteiger partial charge in [-0.2, -0.15) is 0 Å². The van der Waals surface area contributed by atoms with E-state index >= 15 is 0 Å². The summed E-state index contributed by atoms with van der Waals surface area (Å²) >= 11 is 0. The Kier molecular flexibility index (Phi) is 7.41. The molecule has 0 unspecified atom stereocenters. The average molecular weight is 257 g/mol. The molecule has 0 fully saturated rings. The van der Waals surface area contributed by atoms with Crippen molar-refractivity contribution in [2.24, 2.45) is 5.41 Å². The molecule has 3 heteroatoms. The molecule has 0 aromatic heterocycles. The highest BCUT2D eigenvalue weighted by molar-refractivity contribution is 4.80. The molecule has 0 aromatic rings. The van der Waals surface area contributed by atoms with Crippen molar-refractivity contribution in [3.8, 4) is 0 Å². The van der Waals surface area contributed by atoms with Crippen LogP contribution in [-0.2, 0) is 0 Å². The summed E-state index contributed by atoms with van der Waals surface area (Å²) in [6, 6.07) is 0. The second kappa shape index (κ2) is 7.46. The molecule has 0 rings (SSSR count). The van der Waals surface area contributed by atoms with Crippen LogP contribution in [0, 0.1) is 5.41 Å². The molecule has 0 aromatic carbocycles. The molecule has 0 saturated heterocycles. The lowest BCUT2D eigenvalue weighted by atomic mass is 9.91. The first-order valence-corrected chi connectivity index (χ1v) is 7.10. The molecule has 110 valence electrons. The van der Waals surface area contributed by atoms with Gasteiger partial charge >= 0.3 is 0 Å². The zero-order chi connectivity index (χ0) is 14.4. The van der Waals surface area contributed by atoms with E-state index in [0.717, 1.165) is 13.1 Å². The number of rotatable bonds is 8. The van der Waals surface area contributed by atoms with E-state index < -0.39 is 0 Å². The average Bonchev–Trinajstić information content (AvgIpc) is 2.12. The quantitative estimate of drug-likeness (QED) is 0.720. The Balaban J connectivity index is 3.92. The van der Waals surface area contributed by atoms with E-state index in [-0.39, 0.29) is 5.54 Å². The van der Waals surface area contributed by atoms with Gasteiger partial charge < -0.3 is 15.1 Å². The van der Waals surface area contributed by atoms with Gasteiger partial charge in [-0.25, -0.2) is 0 Å². The van der Waals surface area contributed by atoms with E-state index in [1.54, 1.807) is 0 Å². The molecule has 0 spiro atoms. The Morgan fingerprint density at radius 2 is 1.44 bits per heavy atom. The third-order valence-electron chi connectivity index (χ3n) is 2.94. The first-order valence-electron chi connectivity index (χ1n) is 7.10. The molecule has 0 aliphatic rings. The fraction of sp³-hybridized carbons (Fsp3) is 1.00. The molecular formula is C15H35N3. The maximum atomic E-state index is 3.61. The van der Waals surface area contributed by atoms with E-state index in [9.17, 15) is 0 Å². The minimum Gasteiger partial charge on any atom is -0.311 e. The van der Waals surface area contributed by atoms with Crippen LogP contribution in [-0.4, -0.2) is 62.7 Å². The van der Waals surface area contributed by atoms with Gasteiger partial charge in [-0.1, -0.05) is 13.8 Å². The molecule has 18 heavy (non-hydrogen) atoms. The monoisotopic (exact) mass is 257 g/mol. The van der Waals surface area contributed by atoms with Gasteiger partial charge in [0.2, 0.25) is 0 Å². The van der Waals surface area contributed by atoms with Crippen LogP contribution in [0.5, 0.6) is 0 Å². The van der Waals surface area contributed by atoms with Crippen LogP contribution in [0.2, 0.25) is 0 Å². The Morgan fingerprint density at radius 3 is 1.89 bits per heavy atom. The third-order valence-corrected chi connectivity index (χ3v) is 2.94. The summed E-state index contributed by atoms with van der Waals surface area (Å²) in [5, 5.41) is 3.61. The summed E-state index contributed by atoms with van der Waals surface area (Å²) in [5.74, 6) is 0. The molecule has 0 amide bonds. The molecule has 0 saturated carbocycles. The number of nitrogens with one attached hydrogen (secondary N) is 1. The van der Waals surface area contributed by atoms with Gasteiger partial charge in [-0.05, 0) is 66.8 Å². The van der Waals surface area contributed by atoms with Crippen molar-refractivity contribution in [2.75, 3.05) is 47.3 Å². The molecule has 0 bridgehead atoms. The van der Waals surface area contributed by atoms with Crippen molar-refractivity contribution in [3.05, 3.63) is 0 Å². The minimum atomic E-state index is 0.209. The van der Waals surface area contributed by atoms with E-state index in [4.69, 9.17) is 0 Å². The van der Waals surface area contributed by atoms with Crippen molar-refractivity contribution < 1.29 is 0 Å². The Labute approximate surface area is 115 Å². The van der Waals surface area contributed by atoms with E-state index in [2.05, 4.69) is 70.9 Å². The second-order valence-electron chi connectivity index (χ2n) is 7.66. The van der Waals surface area contributed by atoms with Crippen LogP contribution in [0.4, 0.5) is 0 Å². The Morgan fingerprint density at radius 1 is 0.889 bits per heavy atom. The lowest BCUT2D eigenvalue weighted by Crippen LogP contribution is -2.45. The molecule has 0 heterocycles. The van der Waals surface area contributed by atoms with Gasteiger partial charge in [0.05, 0.1) is 0 Å². The highest BCUT2D eigenvalue weighted by Crippen LogP contribution is 2.16. The van der Waals surface area contributed by atoms with Crippen molar-refractivity contribution in [1.82, 2.24) is 15.1 Å². The highest BCUT2D eigenvalue weighted by atomic mass is 15.1. The predicted octanol–water partition coefficient (Wildman–Crippen LogP) is 2.28. The van der Waals surface area contributed by atoms with Crippen LogP contribution in [0.15, 0.2) is 0 Å². The van der Waals surface area contributed by atoms with Crippen molar-refractivity contribution in [2.45, 2.75) is 46.6 Å². The molecule has 0 aliphatic heterocycles. The maximum Gasteiger partial charge on any atom is 0.00967 e. The first-order chi connectivity index (χ1) is 8.02. The molecule has 0 atom stereocenters. The lowest BCUT2D eigenvalue weighted by Gasteiger charge is -2.34. The standard InChI is InChI=1S/C15H35N3/c1-14(2,3)16-12-15(4,5)13-18(8)11-9-10-17(6)7/h16H,9-13H2,1-8H3. The Bertz CT molecular complexity index is 216. The minimum absolute atomic E-state index is 0.209. The van der Waals surface area contributed by atoms with Gasteiger partial charge in [0.25, 0.3) is 0 Å². The predicted molar refractivity (Wildman–Crippen MR) is 82.2 cm³/mol. The summed E-state index contributed by atoms with van der Waals surface area (Å²) < 4.78 is 0. The normalized spacial score (nSPS) is 13.7. The van der Waals surface area contributed by atoms with Crippen LogP contribution in [0.25, 0.3) is 0 Å². The number of hydrogen-bond acceptors (Lipinski definition) is 3. The molecule has 0 aliphatic carbocycles. The number of hydrogen-bond donors (Lipinski definition) is 1. The largest absolute Gasteiger partial charge is 0.311 e. The van der Waals surface area contributed by atoms with Crippen LogP contribution in [0.1, 0.15) is 41.0 Å². The lowest BCUT2D eigenvalue weighted by molar-refractivity contribution is 0.186. The van der Waals surface area contributed by atoms with Crippen LogP contribution in [0.3, 0.4) is 0 Å². The first kappa shape index (κ1) is 17.9. The summed E-state index contributed by atoms with van der Waals surface area (Å²) in [6.45, 7) is 15.9. The molecule has 1 N–H and O–H groups in total. The molecular weight excluding hydrogens is 222 g/mol. The van der Waals surface area contributed by atoms with Crippen molar-refractivity contribution >= 4 is 0 Å². The van der Waals surface area contributed by atoms with Gasteiger partial charge in [0.1, 0.15) is 0 Å². The molecule has 0 radical (unpaired) electrons. The van der Waals surface area contributed by atoms with Gasteiger partial charge in [0.15, 0.2) is 0 Å². The van der Waals surface area contributed by atoms with Gasteiger partial charge in [-0.3, -0.25) is 0 Å². The zero-order valence-corrected chi connectivity index (χ0v) is 13.9. The highest BCUT2D eigenvalue weighted by Gasteiger charge is 2.22. The van der Waals surface area contributed by atoms with E-state index in [0.29, 0.717) is 5.41 Å². The molecule has 3 nitrogen and oxygen atoms in total. The number of nitrogens with zero attached hydrogens (tertiary/aromatic N) is 2. The van der Waals surface area contributed by atoms with Crippen LogP contribution < -0.4 is 5.32 Å². The zero-order valence-electron chi connectivity index (χ0n) is 13.9. The SMILES string of the molecule is CN(C)CCCN(C)CC(C)(C)CNC(C)(C)C. The Hall–Kier alpha value is -0.120. The third kappa shape index (κ3) is 11.0. The topological polar surface area (TPSA) is 18.5 Å².